The Bertz CT molecular complexity index is 581. The van der Waals surface area contributed by atoms with Crippen molar-refractivity contribution in [3.8, 4) is 0 Å². The van der Waals surface area contributed by atoms with Crippen molar-refractivity contribution in [1.82, 2.24) is 9.55 Å². The van der Waals surface area contributed by atoms with Gasteiger partial charge in [-0.15, -0.1) is 0 Å². The third-order valence-corrected chi connectivity index (χ3v) is 2.90. The minimum atomic E-state index is -2.66. The summed E-state index contributed by atoms with van der Waals surface area (Å²) in [5.74, 6) is -0.314. The van der Waals surface area contributed by atoms with Crippen LogP contribution in [0.1, 0.15) is 30.8 Å². The molecule has 0 radical (unpaired) electrons. The Balaban J connectivity index is 2.30. The molecule has 1 unspecified atom stereocenters. The van der Waals surface area contributed by atoms with Crippen LogP contribution in [0.5, 0.6) is 0 Å². The van der Waals surface area contributed by atoms with Crippen molar-refractivity contribution in [2.75, 3.05) is 0 Å². The monoisotopic (exact) mass is 267 g/mol. The van der Waals surface area contributed by atoms with E-state index < -0.39 is 11.3 Å². The van der Waals surface area contributed by atoms with Crippen molar-refractivity contribution in [2.24, 2.45) is 0 Å². The minimum absolute atomic E-state index is 0.0318. The molecule has 1 aromatic heterocycles. The van der Waals surface area contributed by atoms with Crippen LogP contribution in [0.4, 0.5) is 14.5 Å². The maximum atomic E-state index is 12.7. The van der Waals surface area contributed by atoms with E-state index in [0.29, 0.717) is 5.56 Å². The molecule has 0 aliphatic carbocycles. The smallest absolute Gasteiger partial charge is 0.295 e. The van der Waals surface area contributed by atoms with Crippen LogP contribution in [-0.4, -0.2) is 14.5 Å². The number of nitrogens with zero attached hydrogens (tertiary/aromatic N) is 3. The van der Waals surface area contributed by atoms with Crippen LogP contribution in [0.3, 0.4) is 0 Å². The molecule has 100 valence electrons. The number of non-ortho nitro benzene ring substituents is 1. The maximum absolute atomic E-state index is 12.7. The first-order valence-electron chi connectivity index (χ1n) is 5.56. The van der Waals surface area contributed by atoms with Gasteiger partial charge in [-0.3, -0.25) is 10.1 Å². The van der Waals surface area contributed by atoms with Crippen molar-refractivity contribution in [3.63, 3.8) is 0 Å². The lowest BCUT2D eigenvalue weighted by Gasteiger charge is -2.16. The number of nitro groups is 1. The highest BCUT2D eigenvalue weighted by Crippen LogP contribution is 2.25. The van der Waals surface area contributed by atoms with Gasteiger partial charge in [0.2, 0.25) is 0 Å². The van der Waals surface area contributed by atoms with Gasteiger partial charge in [-0.2, -0.15) is 0 Å². The van der Waals surface area contributed by atoms with Crippen molar-refractivity contribution < 1.29 is 13.7 Å². The Hall–Kier alpha value is -2.31. The number of rotatable bonds is 4. The molecule has 2 aromatic rings. The van der Waals surface area contributed by atoms with Gasteiger partial charge in [-0.1, -0.05) is 12.1 Å². The first-order chi connectivity index (χ1) is 9.00. The summed E-state index contributed by atoms with van der Waals surface area (Å²) in [6.45, 7) is 1.73. The van der Waals surface area contributed by atoms with Crippen LogP contribution >= 0.6 is 0 Å². The number of aromatic nitrogens is 2. The number of hydrogen-bond donors (Lipinski definition) is 0. The maximum Gasteiger partial charge on any atom is 0.295 e. The number of nitro benzene ring substituents is 1. The van der Waals surface area contributed by atoms with Gasteiger partial charge in [-0.05, 0) is 12.5 Å². The molecule has 1 heterocycles. The zero-order valence-corrected chi connectivity index (χ0v) is 10.0. The van der Waals surface area contributed by atoms with Gasteiger partial charge < -0.3 is 4.57 Å². The third-order valence-electron chi connectivity index (χ3n) is 2.90. The molecule has 0 aliphatic rings. The number of halogens is 2. The van der Waals surface area contributed by atoms with E-state index in [4.69, 9.17) is 0 Å². The molecule has 0 amide bonds. The molecule has 0 saturated carbocycles. The van der Waals surface area contributed by atoms with E-state index in [0.717, 1.165) is 0 Å². The molecule has 19 heavy (non-hydrogen) atoms. The van der Waals surface area contributed by atoms with E-state index in [1.165, 1.54) is 29.1 Å². The van der Waals surface area contributed by atoms with Crippen LogP contribution < -0.4 is 0 Å². The molecule has 7 heteroatoms. The van der Waals surface area contributed by atoms with E-state index in [-0.39, 0.29) is 17.6 Å². The van der Waals surface area contributed by atoms with Gasteiger partial charge in [-0.25, -0.2) is 13.8 Å². The van der Waals surface area contributed by atoms with E-state index in [1.807, 2.05) is 0 Å². The topological polar surface area (TPSA) is 61.0 Å². The third kappa shape index (κ3) is 2.59. The SMILES string of the molecule is CC(c1ccc([N+](=O)[O-])cc1)n1ccnc1C(F)F. The highest BCUT2D eigenvalue weighted by atomic mass is 19.3. The molecular weight excluding hydrogens is 256 g/mol. The molecule has 0 aliphatic heterocycles. The largest absolute Gasteiger partial charge is 0.323 e. The van der Waals surface area contributed by atoms with Gasteiger partial charge in [0, 0.05) is 24.5 Å². The predicted octanol–water partition coefficient (Wildman–Crippen LogP) is 3.34. The first kappa shape index (κ1) is 13.1. The van der Waals surface area contributed by atoms with Crippen molar-refractivity contribution in [1.29, 1.82) is 0 Å². The van der Waals surface area contributed by atoms with Crippen LogP contribution in [0.25, 0.3) is 0 Å². The van der Waals surface area contributed by atoms with Gasteiger partial charge in [0.25, 0.3) is 12.1 Å². The van der Waals surface area contributed by atoms with Crippen LogP contribution in [0.15, 0.2) is 36.7 Å². The van der Waals surface area contributed by atoms with Crippen molar-refractivity contribution in [2.45, 2.75) is 19.4 Å². The fraction of sp³-hybridized carbons (Fsp3) is 0.250. The second-order valence-electron chi connectivity index (χ2n) is 4.02. The highest BCUT2D eigenvalue weighted by molar-refractivity contribution is 5.34. The average molecular weight is 267 g/mol. The minimum Gasteiger partial charge on any atom is -0.323 e. The second-order valence-corrected chi connectivity index (χ2v) is 4.02. The molecule has 2 rings (SSSR count). The Morgan fingerprint density at radius 1 is 1.32 bits per heavy atom. The zero-order chi connectivity index (χ0) is 14.0. The average Bonchev–Trinajstić information content (AvgIpc) is 2.87. The predicted molar refractivity (Wildman–Crippen MR) is 64.1 cm³/mol. The molecule has 0 N–H and O–H groups in total. The number of alkyl halides is 2. The summed E-state index contributed by atoms with van der Waals surface area (Å²) in [7, 11) is 0. The summed E-state index contributed by atoms with van der Waals surface area (Å²) in [6.07, 6.45) is 0.118. The molecule has 1 aromatic carbocycles. The fourth-order valence-electron chi connectivity index (χ4n) is 1.86. The van der Waals surface area contributed by atoms with E-state index >= 15 is 0 Å². The van der Waals surface area contributed by atoms with Crippen LogP contribution in [-0.2, 0) is 0 Å². The fourth-order valence-corrected chi connectivity index (χ4v) is 1.86. The molecular formula is C12H11F2N3O2. The molecule has 0 fully saturated rings. The summed E-state index contributed by atoms with van der Waals surface area (Å²) in [5, 5.41) is 10.5. The summed E-state index contributed by atoms with van der Waals surface area (Å²) in [4.78, 5) is 13.7. The molecule has 0 spiro atoms. The Labute approximate surface area is 107 Å². The van der Waals surface area contributed by atoms with Crippen LogP contribution in [0.2, 0.25) is 0 Å². The Morgan fingerprint density at radius 2 is 1.95 bits per heavy atom. The number of imidazole rings is 1. The summed E-state index contributed by atoms with van der Waals surface area (Å²) < 4.78 is 26.8. The lowest BCUT2D eigenvalue weighted by molar-refractivity contribution is -0.384. The van der Waals surface area contributed by atoms with Gasteiger partial charge >= 0.3 is 0 Å². The van der Waals surface area contributed by atoms with Crippen molar-refractivity contribution in [3.05, 3.63) is 58.2 Å². The zero-order valence-electron chi connectivity index (χ0n) is 10.0. The first-order valence-corrected chi connectivity index (χ1v) is 5.56. The van der Waals surface area contributed by atoms with Crippen LogP contribution in [0, 0.1) is 10.1 Å². The number of benzene rings is 1. The van der Waals surface area contributed by atoms with Crippen molar-refractivity contribution >= 4 is 5.69 Å². The standard InChI is InChI=1S/C12H11F2N3O2/c1-8(16-7-6-15-12(16)11(13)14)9-2-4-10(5-3-9)17(18)19/h2-8,11H,1H3. The van der Waals surface area contributed by atoms with E-state index in [9.17, 15) is 18.9 Å². The van der Waals surface area contributed by atoms with Gasteiger partial charge in [0.05, 0.1) is 11.0 Å². The van der Waals surface area contributed by atoms with E-state index in [2.05, 4.69) is 4.98 Å². The molecule has 0 bridgehead atoms. The summed E-state index contributed by atoms with van der Waals surface area (Å²) in [5.41, 5.74) is 0.668. The second kappa shape index (κ2) is 5.13. The van der Waals surface area contributed by atoms with E-state index in [1.54, 1.807) is 19.1 Å². The quantitative estimate of drug-likeness (QED) is 0.630. The Kier molecular flexibility index (Phi) is 3.55. The molecule has 5 nitrogen and oxygen atoms in total. The summed E-state index contributed by atoms with van der Waals surface area (Å²) >= 11 is 0. The lowest BCUT2D eigenvalue weighted by Crippen LogP contribution is -2.10. The highest BCUT2D eigenvalue weighted by Gasteiger charge is 2.19. The number of hydrogen-bond acceptors (Lipinski definition) is 3. The normalized spacial score (nSPS) is 12.6. The Morgan fingerprint density at radius 3 is 2.47 bits per heavy atom. The molecule has 0 saturated heterocycles. The lowest BCUT2D eigenvalue weighted by atomic mass is 10.1. The summed E-state index contributed by atoms with van der Waals surface area (Å²) in [6, 6.07) is 5.44. The van der Waals surface area contributed by atoms with Gasteiger partial charge in [0.1, 0.15) is 0 Å². The van der Waals surface area contributed by atoms with Gasteiger partial charge in [0.15, 0.2) is 5.82 Å². The molecule has 1 atom stereocenters.